The van der Waals surface area contributed by atoms with Crippen molar-refractivity contribution >= 4 is 28.2 Å². The first-order valence-corrected chi connectivity index (χ1v) is 22.5. The van der Waals surface area contributed by atoms with Crippen LogP contribution in [0.2, 0.25) is 0 Å². The molecule has 4 aromatic rings. The van der Waals surface area contributed by atoms with Crippen molar-refractivity contribution in [3.8, 4) is 0 Å². The SMILES string of the molecule is Cc1ccc(N2CCC[C@H](N(Cc3ccnc(C)c3)Cc3cn(C4CC4)c4cc(N5CC[C@H](CNC(=O)CCOCCOCCOCCOCCN)C5)c(F)cc4c3=O)C2)cn1. The Morgan fingerprint density at radius 3 is 2.32 bits per heavy atom. The highest BCUT2D eigenvalue weighted by atomic mass is 19.1. The van der Waals surface area contributed by atoms with Gasteiger partial charge in [-0.1, -0.05) is 0 Å². The van der Waals surface area contributed by atoms with Crippen molar-refractivity contribution < 1.29 is 28.1 Å². The molecule has 336 valence electrons. The van der Waals surface area contributed by atoms with E-state index in [1.165, 1.54) is 6.07 Å². The Kier molecular flexibility index (Phi) is 16.7. The minimum atomic E-state index is -0.390. The second-order valence-electron chi connectivity index (χ2n) is 16.9. The molecule has 2 saturated heterocycles. The van der Waals surface area contributed by atoms with Crippen LogP contribution in [0.1, 0.15) is 67.1 Å². The zero-order chi connectivity index (χ0) is 43.3. The lowest BCUT2D eigenvalue weighted by Gasteiger charge is -2.40. The average molecular weight is 857 g/mol. The Labute approximate surface area is 364 Å². The highest BCUT2D eigenvalue weighted by molar-refractivity contribution is 5.84. The minimum absolute atomic E-state index is 0.0744. The van der Waals surface area contributed by atoms with Crippen LogP contribution in [0.25, 0.3) is 10.9 Å². The molecule has 0 unspecified atom stereocenters. The third-order valence-corrected chi connectivity index (χ3v) is 12.1. The number of ether oxygens (including phenoxy) is 4. The molecular formula is C47H65FN8O6. The maximum Gasteiger partial charge on any atom is 0.222 e. The number of pyridine rings is 3. The maximum atomic E-state index is 16.2. The van der Waals surface area contributed by atoms with Gasteiger partial charge < -0.3 is 44.4 Å². The first-order chi connectivity index (χ1) is 30.2. The van der Waals surface area contributed by atoms with E-state index in [-0.39, 0.29) is 41.6 Å². The molecule has 3 N–H and O–H groups in total. The fraction of sp³-hybridized carbons (Fsp3) is 0.574. The Bertz CT molecular complexity index is 2120. The van der Waals surface area contributed by atoms with Gasteiger partial charge in [-0.3, -0.25) is 24.5 Å². The van der Waals surface area contributed by atoms with E-state index in [2.05, 4.69) is 65.0 Å². The summed E-state index contributed by atoms with van der Waals surface area (Å²) in [5, 5.41) is 3.47. The third kappa shape index (κ3) is 12.8. The highest BCUT2D eigenvalue weighted by Gasteiger charge is 2.31. The number of rotatable bonds is 24. The predicted molar refractivity (Wildman–Crippen MR) is 239 cm³/mol. The molecule has 2 atom stereocenters. The summed E-state index contributed by atoms with van der Waals surface area (Å²) in [5.74, 6) is -0.285. The van der Waals surface area contributed by atoms with E-state index in [4.69, 9.17) is 24.7 Å². The monoisotopic (exact) mass is 857 g/mol. The van der Waals surface area contributed by atoms with Crippen molar-refractivity contribution in [1.29, 1.82) is 0 Å². The number of nitrogens with zero attached hydrogens (tertiary/aromatic N) is 6. The summed E-state index contributed by atoms with van der Waals surface area (Å²) in [7, 11) is 0. The Hall–Kier alpha value is -4.51. The number of nitrogens with two attached hydrogens (primary N) is 1. The molecule has 3 aliphatic rings. The van der Waals surface area contributed by atoms with Crippen LogP contribution >= 0.6 is 0 Å². The van der Waals surface area contributed by atoms with Gasteiger partial charge in [-0.2, -0.15) is 0 Å². The Morgan fingerprint density at radius 1 is 0.855 bits per heavy atom. The van der Waals surface area contributed by atoms with E-state index >= 15 is 4.39 Å². The predicted octanol–water partition coefficient (Wildman–Crippen LogP) is 4.91. The third-order valence-electron chi connectivity index (χ3n) is 12.1. The molecule has 15 heteroatoms. The summed E-state index contributed by atoms with van der Waals surface area (Å²) < 4.78 is 40.2. The standard InChI is InChI=1S/C47H65FN8O6/c1-34-5-6-40(28-51-34)53-14-3-4-41(33-53)55(29-36-9-13-50-35(2)24-36)31-38-32-56(39-7-8-39)44-26-45(43(48)25-42(44)47(38)58)54-15-10-37(30-54)27-52-46(57)11-16-59-18-20-61-22-23-62-21-19-60-17-12-49/h5-6,9,13,24-26,28,32,37,39,41H,3-4,7-8,10-12,14-23,27,29-31,33,49H2,1-2H3,(H,52,57)/t37-,41+/m1/s1. The molecule has 0 bridgehead atoms. The number of piperidine rings is 1. The molecule has 14 nitrogen and oxygen atoms in total. The maximum absolute atomic E-state index is 16.2. The van der Waals surface area contributed by atoms with E-state index < -0.39 is 0 Å². The number of anilines is 2. The number of benzene rings is 1. The number of hydrogen-bond acceptors (Lipinski definition) is 12. The lowest BCUT2D eigenvalue weighted by molar-refractivity contribution is -0.122. The topological polar surface area (TPSA) is 150 Å². The number of aromatic nitrogens is 3. The molecule has 1 aliphatic carbocycles. The smallest absolute Gasteiger partial charge is 0.222 e. The number of halogens is 1. The van der Waals surface area contributed by atoms with Gasteiger partial charge in [0.15, 0.2) is 5.43 Å². The molecule has 2 aliphatic heterocycles. The van der Waals surface area contributed by atoms with Crippen LogP contribution in [0, 0.1) is 25.6 Å². The number of carbonyl (C=O) groups is 1. The van der Waals surface area contributed by atoms with Crippen molar-refractivity contribution in [2.75, 3.05) is 102 Å². The van der Waals surface area contributed by atoms with Crippen LogP contribution in [-0.2, 0) is 36.8 Å². The summed E-state index contributed by atoms with van der Waals surface area (Å²) in [6, 6.07) is 12.2. The molecule has 1 saturated carbocycles. The van der Waals surface area contributed by atoms with Crippen LogP contribution in [-0.4, -0.2) is 124 Å². The molecule has 1 aromatic carbocycles. The molecule has 3 aromatic heterocycles. The number of amides is 1. The van der Waals surface area contributed by atoms with Crippen molar-refractivity contribution in [2.45, 2.75) is 77.5 Å². The first-order valence-electron chi connectivity index (χ1n) is 22.5. The number of nitrogens with one attached hydrogen (secondary N) is 1. The van der Waals surface area contributed by atoms with Crippen LogP contribution in [0.15, 0.2) is 59.8 Å². The fourth-order valence-electron chi connectivity index (χ4n) is 8.60. The largest absolute Gasteiger partial charge is 0.379 e. The van der Waals surface area contributed by atoms with E-state index in [1.807, 2.05) is 32.3 Å². The van der Waals surface area contributed by atoms with E-state index in [0.29, 0.717) is 109 Å². The van der Waals surface area contributed by atoms with E-state index in [0.717, 1.165) is 73.3 Å². The van der Waals surface area contributed by atoms with Crippen LogP contribution in [0.3, 0.4) is 0 Å². The van der Waals surface area contributed by atoms with Crippen molar-refractivity contribution in [2.24, 2.45) is 11.7 Å². The van der Waals surface area contributed by atoms with Crippen molar-refractivity contribution in [3.63, 3.8) is 0 Å². The molecule has 62 heavy (non-hydrogen) atoms. The Morgan fingerprint density at radius 2 is 1.61 bits per heavy atom. The zero-order valence-corrected chi connectivity index (χ0v) is 36.6. The lowest BCUT2D eigenvalue weighted by atomic mass is 10.0. The van der Waals surface area contributed by atoms with Gasteiger partial charge >= 0.3 is 0 Å². The van der Waals surface area contributed by atoms with E-state index in [9.17, 15) is 9.59 Å². The summed E-state index contributed by atoms with van der Waals surface area (Å²) in [6.45, 7) is 12.8. The molecule has 0 spiro atoms. The van der Waals surface area contributed by atoms with Gasteiger partial charge in [0.25, 0.3) is 0 Å². The Balaban J connectivity index is 0.952. The minimum Gasteiger partial charge on any atom is -0.379 e. The number of hydrogen-bond donors (Lipinski definition) is 2. The average Bonchev–Trinajstić information content (AvgIpc) is 4.02. The molecule has 7 rings (SSSR count). The van der Waals surface area contributed by atoms with Crippen molar-refractivity contribution in [1.82, 2.24) is 24.8 Å². The fourth-order valence-corrected chi connectivity index (χ4v) is 8.60. The molecule has 1 amide bonds. The van der Waals surface area contributed by atoms with Crippen LogP contribution in [0.4, 0.5) is 15.8 Å². The number of carbonyl (C=O) groups excluding carboxylic acids is 1. The lowest BCUT2D eigenvalue weighted by Crippen LogP contribution is -2.48. The summed E-state index contributed by atoms with van der Waals surface area (Å²) in [4.78, 5) is 42.9. The van der Waals surface area contributed by atoms with Gasteiger partial charge in [0, 0.05) is 106 Å². The van der Waals surface area contributed by atoms with Gasteiger partial charge in [-0.15, -0.1) is 0 Å². The normalized spacial score (nSPS) is 18.0. The highest BCUT2D eigenvalue weighted by Crippen LogP contribution is 2.39. The first kappa shape index (κ1) is 45.5. The zero-order valence-electron chi connectivity index (χ0n) is 36.6. The second-order valence-corrected chi connectivity index (χ2v) is 16.9. The summed E-state index contributed by atoms with van der Waals surface area (Å²) in [5.41, 5.74) is 11.5. The van der Waals surface area contributed by atoms with Gasteiger partial charge in [0.2, 0.25) is 5.91 Å². The second kappa shape index (κ2) is 22.7. The summed E-state index contributed by atoms with van der Waals surface area (Å²) >= 11 is 0. The van der Waals surface area contributed by atoms with Gasteiger partial charge in [-0.25, -0.2) is 4.39 Å². The van der Waals surface area contributed by atoms with E-state index in [1.54, 1.807) is 0 Å². The van der Waals surface area contributed by atoms with Gasteiger partial charge in [-0.05, 0) is 93.8 Å². The molecule has 0 radical (unpaired) electrons. The van der Waals surface area contributed by atoms with Gasteiger partial charge in [0.05, 0.1) is 75.9 Å². The van der Waals surface area contributed by atoms with Gasteiger partial charge in [0.1, 0.15) is 5.82 Å². The van der Waals surface area contributed by atoms with Crippen LogP contribution < -0.4 is 26.3 Å². The molecule has 3 fully saturated rings. The van der Waals surface area contributed by atoms with Crippen molar-refractivity contribution in [3.05, 3.63) is 93.5 Å². The quantitative estimate of drug-likeness (QED) is 0.0923. The number of fused-ring (bicyclic) bond motifs is 1. The van der Waals surface area contributed by atoms with Crippen LogP contribution in [0.5, 0.6) is 0 Å². The molecular weight excluding hydrogens is 792 g/mol. The number of aryl methyl sites for hydroxylation is 2. The molecule has 5 heterocycles. The summed E-state index contributed by atoms with van der Waals surface area (Å²) in [6.07, 6.45) is 11.0.